The molecular weight excluding hydrogens is 555 g/mol. The minimum Gasteiger partial charge on any atom is -0.489 e. The summed E-state index contributed by atoms with van der Waals surface area (Å²) in [6, 6.07) is 25.9. The van der Waals surface area contributed by atoms with Crippen LogP contribution >= 0.6 is 0 Å². The van der Waals surface area contributed by atoms with Gasteiger partial charge in [0, 0.05) is 34.7 Å². The number of hydrogen-bond donors (Lipinski definition) is 4. The first-order chi connectivity index (χ1) is 20.0. The van der Waals surface area contributed by atoms with E-state index in [1.807, 2.05) is 67.6 Å². The first kappa shape index (κ1) is 31.6. The van der Waals surface area contributed by atoms with Gasteiger partial charge in [0.15, 0.2) is 0 Å². The number of nitrogens with zero attached hydrogens (tertiary/aromatic N) is 1. The molecule has 12 heteroatoms. The van der Waals surface area contributed by atoms with Crippen molar-refractivity contribution in [2.75, 3.05) is 0 Å². The molecule has 0 aliphatic heterocycles. The number of hydrogen-bond acceptors (Lipinski definition) is 6. The van der Waals surface area contributed by atoms with Crippen LogP contribution in [0.5, 0.6) is 5.75 Å². The molecule has 0 radical (unpaired) electrons. The van der Waals surface area contributed by atoms with Gasteiger partial charge in [-0.2, -0.15) is 13.2 Å². The van der Waals surface area contributed by atoms with Crippen LogP contribution < -0.4 is 15.5 Å². The van der Waals surface area contributed by atoms with Crippen LogP contribution in [0.1, 0.15) is 33.6 Å². The number of carbonyl (C=O) groups excluding carboxylic acids is 2. The minimum atomic E-state index is -5.08. The van der Waals surface area contributed by atoms with Crippen LogP contribution in [0, 0.1) is 6.92 Å². The van der Waals surface area contributed by atoms with Crippen molar-refractivity contribution in [2.45, 2.75) is 38.6 Å². The van der Waals surface area contributed by atoms with E-state index in [4.69, 9.17) is 19.8 Å². The van der Waals surface area contributed by atoms with Crippen molar-refractivity contribution in [3.05, 3.63) is 107 Å². The summed E-state index contributed by atoms with van der Waals surface area (Å²) in [6.45, 7) is 2.34. The lowest BCUT2D eigenvalue weighted by molar-refractivity contribution is -0.192. The summed E-state index contributed by atoms with van der Waals surface area (Å²) in [5, 5.41) is 20.0. The Morgan fingerprint density at radius 3 is 2.19 bits per heavy atom. The molecule has 1 unspecified atom stereocenters. The SMILES string of the molecule is Cc1cc(COc2ccc(C(=O)NC(CC(=O)NO)Cc3ccccc3)cc2)c2ccccc2n1.O=C(O)C(F)(F)F. The van der Waals surface area contributed by atoms with E-state index in [1.165, 1.54) is 0 Å². The number of carboxylic acid groups (broad SMARTS) is 1. The summed E-state index contributed by atoms with van der Waals surface area (Å²) in [6.07, 6.45) is -4.67. The summed E-state index contributed by atoms with van der Waals surface area (Å²) in [5.41, 5.74) is 5.96. The number of ether oxygens (including phenoxy) is 1. The molecule has 0 aliphatic carbocycles. The van der Waals surface area contributed by atoms with Gasteiger partial charge in [0.05, 0.1) is 5.52 Å². The normalized spacial score (nSPS) is 11.5. The van der Waals surface area contributed by atoms with Gasteiger partial charge in [-0.15, -0.1) is 0 Å². The summed E-state index contributed by atoms with van der Waals surface area (Å²) < 4.78 is 37.7. The van der Waals surface area contributed by atoms with Crippen molar-refractivity contribution in [1.29, 1.82) is 0 Å². The number of carboxylic acids is 1. The van der Waals surface area contributed by atoms with Crippen LogP contribution in [0.3, 0.4) is 0 Å². The summed E-state index contributed by atoms with van der Waals surface area (Å²) in [5.74, 6) is -2.99. The van der Waals surface area contributed by atoms with E-state index in [1.54, 1.807) is 29.7 Å². The van der Waals surface area contributed by atoms with Crippen molar-refractivity contribution in [3.63, 3.8) is 0 Å². The fourth-order valence-electron chi connectivity index (χ4n) is 3.99. The number of aryl methyl sites for hydroxylation is 1. The molecule has 4 rings (SSSR count). The number of aromatic nitrogens is 1. The molecule has 1 atom stereocenters. The fourth-order valence-corrected chi connectivity index (χ4v) is 3.99. The van der Waals surface area contributed by atoms with E-state index in [2.05, 4.69) is 10.3 Å². The second-order valence-corrected chi connectivity index (χ2v) is 9.16. The minimum absolute atomic E-state index is 0.0440. The molecule has 1 aromatic heterocycles. The number of amides is 2. The van der Waals surface area contributed by atoms with Gasteiger partial charge in [-0.3, -0.25) is 19.8 Å². The van der Waals surface area contributed by atoms with Gasteiger partial charge < -0.3 is 15.2 Å². The van der Waals surface area contributed by atoms with E-state index in [0.717, 1.165) is 27.7 Å². The quantitative estimate of drug-likeness (QED) is 0.161. The van der Waals surface area contributed by atoms with E-state index in [9.17, 15) is 22.8 Å². The molecule has 0 aliphatic rings. The smallest absolute Gasteiger partial charge is 0.489 e. The predicted octanol–water partition coefficient (Wildman–Crippen LogP) is 4.99. The van der Waals surface area contributed by atoms with Crippen LogP contribution in [0.2, 0.25) is 0 Å². The zero-order chi connectivity index (χ0) is 30.7. The Balaban J connectivity index is 0.000000616. The zero-order valence-electron chi connectivity index (χ0n) is 22.4. The van der Waals surface area contributed by atoms with Crippen LogP contribution in [-0.2, 0) is 22.6 Å². The Bertz CT molecular complexity index is 1510. The number of pyridine rings is 1. The van der Waals surface area contributed by atoms with Crippen LogP contribution in [0.4, 0.5) is 13.2 Å². The molecular formula is C30H28F3N3O6. The van der Waals surface area contributed by atoms with Crippen molar-refractivity contribution in [1.82, 2.24) is 15.8 Å². The molecule has 0 spiro atoms. The maximum atomic E-state index is 12.8. The topological polar surface area (TPSA) is 138 Å². The summed E-state index contributed by atoms with van der Waals surface area (Å²) in [4.78, 5) is 38.0. The highest BCUT2D eigenvalue weighted by atomic mass is 19.4. The van der Waals surface area contributed by atoms with Crippen molar-refractivity contribution < 1.29 is 42.6 Å². The van der Waals surface area contributed by atoms with E-state index >= 15 is 0 Å². The number of rotatable bonds is 9. The molecule has 42 heavy (non-hydrogen) atoms. The number of para-hydroxylation sites is 1. The molecule has 0 saturated heterocycles. The third-order valence-electron chi connectivity index (χ3n) is 5.90. The highest BCUT2D eigenvalue weighted by Crippen LogP contribution is 2.21. The monoisotopic (exact) mass is 583 g/mol. The molecule has 220 valence electrons. The molecule has 1 heterocycles. The molecule has 0 saturated carbocycles. The van der Waals surface area contributed by atoms with Crippen molar-refractivity contribution in [2.24, 2.45) is 0 Å². The molecule has 4 N–H and O–H groups in total. The Hall–Kier alpha value is -4.97. The lowest BCUT2D eigenvalue weighted by Gasteiger charge is -2.18. The maximum Gasteiger partial charge on any atom is 0.490 e. The number of nitrogens with one attached hydrogen (secondary N) is 2. The largest absolute Gasteiger partial charge is 0.490 e. The van der Waals surface area contributed by atoms with E-state index < -0.39 is 24.1 Å². The lowest BCUT2D eigenvalue weighted by Crippen LogP contribution is -2.40. The van der Waals surface area contributed by atoms with Crippen LogP contribution in [0.15, 0.2) is 84.9 Å². The highest BCUT2D eigenvalue weighted by Gasteiger charge is 2.38. The standard InChI is InChI=1S/C28H27N3O4.C2HF3O2/c1-19-15-22(25-9-5-6-10-26(25)29-19)18-35-24-13-11-21(12-14-24)28(33)30-23(17-27(32)31-34)16-20-7-3-2-4-8-20;3-2(4,5)1(6)7/h2-15,23,34H,16-18H2,1H3,(H,30,33)(H,31,32);(H,6,7). The van der Waals surface area contributed by atoms with Gasteiger partial charge in [-0.25, -0.2) is 10.3 Å². The van der Waals surface area contributed by atoms with E-state index in [-0.39, 0.29) is 12.3 Å². The summed E-state index contributed by atoms with van der Waals surface area (Å²) in [7, 11) is 0. The second-order valence-electron chi connectivity index (χ2n) is 9.16. The van der Waals surface area contributed by atoms with E-state index in [0.29, 0.717) is 24.3 Å². The average molecular weight is 584 g/mol. The van der Waals surface area contributed by atoms with Crippen LogP contribution in [-0.4, -0.2) is 45.3 Å². The number of benzene rings is 3. The fraction of sp³-hybridized carbons (Fsp3) is 0.200. The number of aliphatic carboxylic acids is 1. The Morgan fingerprint density at radius 2 is 1.57 bits per heavy atom. The maximum absolute atomic E-state index is 12.8. The molecule has 3 aromatic carbocycles. The number of carbonyl (C=O) groups is 3. The van der Waals surface area contributed by atoms with Gasteiger partial charge in [0.2, 0.25) is 5.91 Å². The van der Waals surface area contributed by atoms with Gasteiger partial charge in [-0.1, -0.05) is 48.5 Å². The molecule has 2 amide bonds. The Morgan fingerprint density at radius 1 is 0.952 bits per heavy atom. The van der Waals surface area contributed by atoms with Gasteiger partial charge in [0.1, 0.15) is 12.4 Å². The molecule has 4 aromatic rings. The van der Waals surface area contributed by atoms with Crippen molar-refractivity contribution >= 4 is 28.7 Å². The Labute approximate surface area is 238 Å². The lowest BCUT2D eigenvalue weighted by atomic mass is 10.0. The first-order valence-electron chi connectivity index (χ1n) is 12.6. The average Bonchev–Trinajstić information content (AvgIpc) is 2.96. The first-order valence-corrected chi connectivity index (χ1v) is 12.6. The number of fused-ring (bicyclic) bond motifs is 1. The van der Waals surface area contributed by atoms with Gasteiger partial charge >= 0.3 is 12.1 Å². The van der Waals surface area contributed by atoms with Crippen molar-refractivity contribution in [3.8, 4) is 5.75 Å². The molecule has 9 nitrogen and oxygen atoms in total. The third-order valence-corrected chi connectivity index (χ3v) is 5.90. The van der Waals surface area contributed by atoms with Gasteiger partial charge in [-0.05, 0) is 55.3 Å². The number of alkyl halides is 3. The predicted molar refractivity (Wildman–Crippen MR) is 147 cm³/mol. The number of hydroxylamine groups is 1. The molecule has 0 fully saturated rings. The van der Waals surface area contributed by atoms with Gasteiger partial charge in [0.25, 0.3) is 5.91 Å². The Kier molecular flexibility index (Phi) is 11.0. The summed E-state index contributed by atoms with van der Waals surface area (Å²) >= 11 is 0. The molecule has 0 bridgehead atoms. The third kappa shape index (κ3) is 9.59. The van der Waals surface area contributed by atoms with Crippen LogP contribution in [0.25, 0.3) is 10.9 Å². The highest BCUT2D eigenvalue weighted by molar-refractivity contribution is 5.94. The number of halogens is 3. The zero-order valence-corrected chi connectivity index (χ0v) is 22.4. The second kappa shape index (κ2) is 14.6.